The molecule has 2 rings (SSSR count). The van der Waals surface area contributed by atoms with E-state index in [-0.39, 0.29) is 35.5 Å². The SMILES string of the molecule is CC(O)Cc1cccc(Oc2cccc(CC(C)O)c2S(=O)(=O)O)c1S(=O)(=O)O. The minimum atomic E-state index is -4.80. The van der Waals surface area contributed by atoms with Gasteiger partial charge in [-0.3, -0.25) is 9.11 Å². The summed E-state index contributed by atoms with van der Waals surface area (Å²) >= 11 is 0. The average Bonchev–Trinajstić information content (AvgIpc) is 2.51. The molecule has 0 heterocycles. The maximum atomic E-state index is 11.9. The molecule has 0 bridgehead atoms. The van der Waals surface area contributed by atoms with Crippen LogP contribution in [-0.4, -0.2) is 48.4 Å². The van der Waals surface area contributed by atoms with Gasteiger partial charge in [-0.15, -0.1) is 0 Å². The van der Waals surface area contributed by atoms with E-state index in [9.17, 15) is 36.2 Å². The minimum Gasteiger partial charge on any atom is -0.454 e. The Bertz CT molecular complexity index is 1000. The summed E-state index contributed by atoms with van der Waals surface area (Å²) in [7, 11) is -9.59. The number of aliphatic hydroxyl groups is 2. The van der Waals surface area contributed by atoms with Crippen LogP contribution in [0.4, 0.5) is 0 Å². The Morgan fingerprint density at radius 3 is 1.38 bits per heavy atom. The third-order valence-corrected chi connectivity index (χ3v) is 5.85. The van der Waals surface area contributed by atoms with Gasteiger partial charge in [-0.05, 0) is 49.9 Å². The summed E-state index contributed by atoms with van der Waals surface area (Å²) in [6, 6.07) is 7.96. The summed E-state index contributed by atoms with van der Waals surface area (Å²) < 4.78 is 72.5. The topological polar surface area (TPSA) is 158 Å². The molecular weight excluding hydrogens is 424 g/mol. The van der Waals surface area contributed by atoms with E-state index in [1.165, 1.54) is 50.2 Å². The zero-order valence-corrected chi connectivity index (χ0v) is 17.3. The van der Waals surface area contributed by atoms with E-state index >= 15 is 0 Å². The molecule has 2 aromatic carbocycles. The molecule has 0 aliphatic heterocycles. The fourth-order valence-corrected chi connectivity index (χ4v) is 4.64. The third kappa shape index (κ3) is 5.98. The summed E-state index contributed by atoms with van der Waals surface area (Å²) in [5, 5.41) is 19.2. The highest BCUT2D eigenvalue weighted by Gasteiger charge is 2.27. The molecule has 0 amide bonds. The van der Waals surface area contributed by atoms with E-state index in [0.29, 0.717) is 0 Å². The number of ether oxygens (including phenoxy) is 1. The molecular formula is C18H22O9S2. The van der Waals surface area contributed by atoms with E-state index in [1.807, 2.05) is 0 Å². The number of hydrogen-bond acceptors (Lipinski definition) is 7. The van der Waals surface area contributed by atoms with Crippen molar-refractivity contribution in [3.8, 4) is 11.5 Å². The first-order valence-electron chi connectivity index (χ1n) is 8.53. The molecule has 0 saturated heterocycles. The van der Waals surface area contributed by atoms with Crippen molar-refractivity contribution in [2.24, 2.45) is 0 Å². The third-order valence-electron chi connectivity index (χ3n) is 3.89. The van der Waals surface area contributed by atoms with Crippen LogP contribution in [0.2, 0.25) is 0 Å². The quantitative estimate of drug-likeness (QED) is 0.444. The zero-order valence-electron chi connectivity index (χ0n) is 15.7. The lowest BCUT2D eigenvalue weighted by molar-refractivity contribution is 0.194. The van der Waals surface area contributed by atoms with Gasteiger partial charge in [-0.2, -0.15) is 16.8 Å². The second-order valence-electron chi connectivity index (χ2n) is 6.65. The van der Waals surface area contributed by atoms with Gasteiger partial charge in [-0.1, -0.05) is 24.3 Å². The maximum Gasteiger partial charge on any atom is 0.298 e. The van der Waals surface area contributed by atoms with Crippen molar-refractivity contribution >= 4 is 20.2 Å². The van der Waals surface area contributed by atoms with Crippen LogP contribution < -0.4 is 4.74 Å². The van der Waals surface area contributed by atoms with Gasteiger partial charge in [0.1, 0.15) is 21.3 Å². The molecule has 9 nitrogen and oxygen atoms in total. The van der Waals surface area contributed by atoms with Crippen molar-refractivity contribution in [3.63, 3.8) is 0 Å². The van der Waals surface area contributed by atoms with Gasteiger partial charge >= 0.3 is 0 Å². The zero-order chi connectivity index (χ0) is 22.0. The molecule has 11 heteroatoms. The Kier molecular flexibility index (Phi) is 7.04. The second-order valence-corrected chi connectivity index (χ2v) is 9.36. The standard InChI is InChI=1S/C18H22O9S2/c1-11(19)9-13-5-3-7-15(17(13)28(21,22)23)27-16-8-4-6-14(10-12(2)20)18(16)29(24,25)26/h3-8,11-12,19-20H,9-10H2,1-2H3,(H,21,22,23)(H,24,25,26). The Balaban J connectivity index is 2.69. The molecule has 0 aliphatic carbocycles. The van der Waals surface area contributed by atoms with E-state index in [2.05, 4.69) is 0 Å². The van der Waals surface area contributed by atoms with Crippen LogP contribution in [0, 0.1) is 0 Å². The van der Waals surface area contributed by atoms with Gasteiger partial charge in [-0.25, -0.2) is 0 Å². The molecule has 0 saturated carbocycles. The molecule has 0 fully saturated rings. The van der Waals surface area contributed by atoms with Gasteiger partial charge in [0.2, 0.25) is 0 Å². The van der Waals surface area contributed by atoms with Crippen molar-refractivity contribution in [1.82, 2.24) is 0 Å². The summed E-state index contributed by atoms with van der Waals surface area (Å²) in [5.41, 5.74) is 0.127. The molecule has 0 radical (unpaired) electrons. The molecule has 0 spiro atoms. The normalized spacial score (nSPS) is 14.4. The first-order chi connectivity index (χ1) is 13.3. The largest absolute Gasteiger partial charge is 0.454 e. The van der Waals surface area contributed by atoms with Crippen LogP contribution in [0.25, 0.3) is 0 Å². The van der Waals surface area contributed by atoms with Gasteiger partial charge in [0.15, 0.2) is 0 Å². The van der Waals surface area contributed by atoms with Crippen LogP contribution in [0.15, 0.2) is 46.2 Å². The Hall–Kier alpha value is -2.02. The number of aliphatic hydroxyl groups excluding tert-OH is 2. The Labute approximate surface area is 169 Å². The summed E-state index contributed by atoms with van der Waals surface area (Å²) in [6.07, 6.45) is -2.07. The van der Waals surface area contributed by atoms with Gasteiger partial charge in [0.05, 0.1) is 12.2 Å². The molecule has 2 atom stereocenters. The van der Waals surface area contributed by atoms with E-state index in [4.69, 9.17) is 4.74 Å². The second kappa shape index (κ2) is 8.78. The lowest BCUT2D eigenvalue weighted by atomic mass is 10.1. The molecule has 160 valence electrons. The highest BCUT2D eigenvalue weighted by molar-refractivity contribution is 7.86. The number of benzene rings is 2. The smallest absolute Gasteiger partial charge is 0.298 e. The fourth-order valence-electron chi connectivity index (χ4n) is 2.95. The first kappa shape index (κ1) is 23.3. The summed E-state index contributed by atoms with van der Waals surface area (Å²) in [5.74, 6) is -0.769. The minimum absolute atomic E-state index is 0.0635. The Morgan fingerprint density at radius 2 is 1.10 bits per heavy atom. The summed E-state index contributed by atoms with van der Waals surface area (Å²) in [4.78, 5) is -1.24. The van der Waals surface area contributed by atoms with Crippen molar-refractivity contribution in [3.05, 3.63) is 47.5 Å². The molecule has 2 aromatic rings. The van der Waals surface area contributed by atoms with Crippen LogP contribution in [0.5, 0.6) is 11.5 Å². The predicted octanol–water partition coefficient (Wildman–Crippen LogP) is 1.82. The molecule has 2 unspecified atom stereocenters. The molecule has 0 aliphatic rings. The molecule has 4 N–H and O–H groups in total. The first-order valence-corrected chi connectivity index (χ1v) is 11.4. The van der Waals surface area contributed by atoms with Crippen LogP contribution in [0.3, 0.4) is 0 Å². The number of hydrogen-bond donors (Lipinski definition) is 4. The highest BCUT2D eigenvalue weighted by Crippen LogP contribution is 2.36. The van der Waals surface area contributed by atoms with Crippen molar-refractivity contribution in [2.45, 2.75) is 48.7 Å². The Morgan fingerprint density at radius 1 is 0.759 bits per heavy atom. The van der Waals surface area contributed by atoms with E-state index < -0.39 is 42.2 Å². The predicted molar refractivity (Wildman–Crippen MR) is 103 cm³/mol. The summed E-state index contributed by atoms with van der Waals surface area (Å²) in [6.45, 7) is 2.86. The highest BCUT2D eigenvalue weighted by atomic mass is 32.2. The lowest BCUT2D eigenvalue weighted by Crippen LogP contribution is -2.13. The lowest BCUT2D eigenvalue weighted by Gasteiger charge is -2.17. The monoisotopic (exact) mass is 446 g/mol. The van der Waals surface area contributed by atoms with Crippen LogP contribution >= 0.6 is 0 Å². The van der Waals surface area contributed by atoms with E-state index in [0.717, 1.165) is 0 Å². The number of rotatable bonds is 8. The van der Waals surface area contributed by atoms with Crippen LogP contribution in [-0.2, 0) is 33.1 Å². The molecule has 29 heavy (non-hydrogen) atoms. The van der Waals surface area contributed by atoms with Crippen molar-refractivity contribution < 1.29 is 40.9 Å². The fraction of sp³-hybridized carbons (Fsp3) is 0.333. The van der Waals surface area contributed by atoms with Gasteiger partial charge in [0, 0.05) is 0 Å². The average molecular weight is 446 g/mol. The van der Waals surface area contributed by atoms with Gasteiger partial charge < -0.3 is 14.9 Å². The van der Waals surface area contributed by atoms with Gasteiger partial charge in [0.25, 0.3) is 20.2 Å². The van der Waals surface area contributed by atoms with Crippen molar-refractivity contribution in [1.29, 1.82) is 0 Å². The molecule has 0 aromatic heterocycles. The van der Waals surface area contributed by atoms with Crippen LogP contribution in [0.1, 0.15) is 25.0 Å². The van der Waals surface area contributed by atoms with E-state index in [1.54, 1.807) is 0 Å². The van der Waals surface area contributed by atoms with Crippen molar-refractivity contribution in [2.75, 3.05) is 0 Å². The maximum absolute atomic E-state index is 11.9.